The molecule has 0 aliphatic heterocycles. The van der Waals surface area contributed by atoms with Gasteiger partial charge >= 0.3 is 0 Å². The van der Waals surface area contributed by atoms with Crippen molar-refractivity contribution in [2.24, 2.45) is 5.73 Å². The van der Waals surface area contributed by atoms with Gasteiger partial charge in [0, 0.05) is 37.6 Å². The monoisotopic (exact) mass is 425 g/mol. The summed E-state index contributed by atoms with van der Waals surface area (Å²) in [6.45, 7) is 2.72. The van der Waals surface area contributed by atoms with E-state index >= 15 is 0 Å². The Bertz CT molecular complexity index is 1160. The number of rotatable bonds is 8. The molecule has 3 N–H and O–H groups in total. The fourth-order valence-electron chi connectivity index (χ4n) is 3.35. The zero-order valence-corrected chi connectivity index (χ0v) is 18.3. The number of benzene rings is 2. The molecule has 162 valence electrons. The van der Waals surface area contributed by atoms with Crippen LogP contribution in [0.3, 0.4) is 0 Å². The Hall–Kier alpha value is -3.84. The van der Waals surface area contributed by atoms with Gasteiger partial charge in [-0.1, -0.05) is 54.6 Å². The van der Waals surface area contributed by atoms with Gasteiger partial charge in [0.25, 0.3) is 0 Å². The van der Waals surface area contributed by atoms with Crippen LogP contribution in [0, 0.1) is 0 Å². The average Bonchev–Trinajstić information content (AvgIpc) is 2.84. The SMILES string of the molecule is C[C@H](N)c1cccc(CCNc2nccc(N(C)c3ccnc(-c4ccccc4)n3)n2)c1. The molecule has 0 saturated carbocycles. The fourth-order valence-corrected chi connectivity index (χ4v) is 3.35. The number of hydrogen-bond donors (Lipinski definition) is 2. The van der Waals surface area contributed by atoms with Crippen molar-refractivity contribution in [3.63, 3.8) is 0 Å². The van der Waals surface area contributed by atoms with Crippen molar-refractivity contribution in [2.45, 2.75) is 19.4 Å². The maximum Gasteiger partial charge on any atom is 0.224 e. The lowest BCUT2D eigenvalue weighted by Crippen LogP contribution is -2.15. The standard InChI is InChI=1S/C25H27N7/c1-18(26)21-10-6-7-19(17-21)11-14-28-25-29-16-13-23(31-25)32(2)22-12-15-27-24(30-22)20-8-4-3-5-9-20/h3-10,12-13,15-18H,11,14,26H2,1-2H3,(H,28,29,31)/t18-/m0/s1. The van der Waals surface area contributed by atoms with Gasteiger partial charge in [0.15, 0.2) is 5.82 Å². The number of anilines is 3. The average molecular weight is 426 g/mol. The van der Waals surface area contributed by atoms with E-state index in [1.54, 1.807) is 12.4 Å². The highest BCUT2D eigenvalue weighted by Gasteiger charge is 2.10. The summed E-state index contributed by atoms with van der Waals surface area (Å²) >= 11 is 0. The van der Waals surface area contributed by atoms with Gasteiger partial charge in [0.05, 0.1) is 0 Å². The molecular weight excluding hydrogens is 398 g/mol. The molecule has 2 aromatic carbocycles. The first-order chi connectivity index (χ1) is 15.6. The summed E-state index contributed by atoms with van der Waals surface area (Å²) in [6.07, 6.45) is 4.37. The Kier molecular flexibility index (Phi) is 6.67. The maximum atomic E-state index is 5.99. The minimum absolute atomic E-state index is 0.0302. The van der Waals surface area contributed by atoms with Crippen molar-refractivity contribution >= 4 is 17.6 Å². The molecule has 7 heteroatoms. The number of aromatic nitrogens is 4. The summed E-state index contributed by atoms with van der Waals surface area (Å²) in [5, 5.41) is 3.31. The summed E-state index contributed by atoms with van der Waals surface area (Å²) < 4.78 is 0. The van der Waals surface area contributed by atoms with Crippen molar-refractivity contribution in [3.8, 4) is 11.4 Å². The summed E-state index contributed by atoms with van der Waals surface area (Å²) in [4.78, 5) is 20.0. The van der Waals surface area contributed by atoms with Crippen LogP contribution in [0.5, 0.6) is 0 Å². The third-order valence-electron chi connectivity index (χ3n) is 5.17. The van der Waals surface area contributed by atoms with Crippen molar-refractivity contribution in [1.29, 1.82) is 0 Å². The Morgan fingerprint density at radius 2 is 1.66 bits per heavy atom. The summed E-state index contributed by atoms with van der Waals surface area (Å²) in [6, 6.07) is 22.0. The predicted molar refractivity (Wildman–Crippen MR) is 129 cm³/mol. The maximum absolute atomic E-state index is 5.99. The highest BCUT2D eigenvalue weighted by molar-refractivity contribution is 5.61. The van der Waals surface area contributed by atoms with Crippen LogP contribution in [0.1, 0.15) is 24.1 Å². The van der Waals surface area contributed by atoms with Gasteiger partial charge in [-0.3, -0.25) is 0 Å². The first kappa shape index (κ1) is 21.4. The van der Waals surface area contributed by atoms with Gasteiger partial charge in [0.1, 0.15) is 11.6 Å². The van der Waals surface area contributed by atoms with Crippen LogP contribution in [0.4, 0.5) is 17.6 Å². The van der Waals surface area contributed by atoms with Gasteiger partial charge in [0.2, 0.25) is 5.95 Å². The Balaban J connectivity index is 1.43. The molecule has 32 heavy (non-hydrogen) atoms. The van der Waals surface area contributed by atoms with Crippen LogP contribution in [-0.4, -0.2) is 33.5 Å². The first-order valence-corrected chi connectivity index (χ1v) is 10.6. The second kappa shape index (κ2) is 9.98. The molecule has 2 heterocycles. The molecular formula is C25H27N7. The zero-order chi connectivity index (χ0) is 22.3. The Labute approximate surface area is 188 Å². The molecule has 7 nitrogen and oxygen atoms in total. The van der Waals surface area contributed by atoms with E-state index in [4.69, 9.17) is 10.7 Å². The number of nitrogens with zero attached hydrogens (tertiary/aromatic N) is 5. The quantitative estimate of drug-likeness (QED) is 0.433. The largest absolute Gasteiger partial charge is 0.354 e. The van der Waals surface area contributed by atoms with E-state index in [-0.39, 0.29) is 6.04 Å². The van der Waals surface area contributed by atoms with Gasteiger partial charge < -0.3 is 16.0 Å². The second-order valence-electron chi connectivity index (χ2n) is 7.61. The molecule has 2 aromatic heterocycles. The third-order valence-corrected chi connectivity index (χ3v) is 5.17. The topological polar surface area (TPSA) is 92.8 Å². The Morgan fingerprint density at radius 1 is 0.906 bits per heavy atom. The lowest BCUT2D eigenvalue weighted by Gasteiger charge is -2.18. The van der Waals surface area contributed by atoms with Gasteiger partial charge in [-0.2, -0.15) is 4.98 Å². The molecule has 0 amide bonds. The van der Waals surface area contributed by atoms with E-state index < -0.39 is 0 Å². The minimum atomic E-state index is 0.0302. The molecule has 4 aromatic rings. The molecule has 0 aliphatic carbocycles. The normalized spacial score (nSPS) is 11.7. The Morgan fingerprint density at radius 3 is 2.44 bits per heavy atom. The summed E-state index contributed by atoms with van der Waals surface area (Å²) in [7, 11) is 1.93. The highest BCUT2D eigenvalue weighted by Crippen LogP contribution is 2.22. The number of nitrogens with two attached hydrogens (primary N) is 1. The molecule has 0 unspecified atom stereocenters. The zero-order valence-electron chi connectivity index (χ0n) is 18.3. The summed E-state index contributed by atoms with van der Waals surface area (Å²) in [5.74, 6) is 2.77. The lowest BCUT2D eigenvalue weighted by atomic mass is 10.0. The van der Waals surface area contributed by atoms with E-state index in [1.165, 1.54) is 5.56 Å². The molecule has 0 spiro atoms. The van der Waals surface area contributed by atoms with Crippen molar-refractivity contribution < 1.29 is 0 Å². The van der Waals surface area contributed by atoms with E-state index in [9.17, 15) is 0 Å². The first-order valence-electron chi connectivity index (χ1n) is 10.6. The molecule has 0 saturated heterocycles. The smallest absolute Gasteiger partial charge is 0.224 e. The van der Waals surface area contributed by atoms with Crippen molar-refractivity contribution in [3.05, 3.63) is 90.3 Å². The van der Waals surface area contributed by atoms with Gasteiger partial charge in [-0.25, -0.2) is 15.0 Å². The highest BCUT2D eigenvalue weighted by atomic mass is 15.2. The van der Waals surface area contributed by atoms with Crippen LogP contribution >= 0.6 is 0 Å². The fraction of sp³-hybridized carbons (Fsp3) is 0.200. The number of hydrogen-bond acceptors (Lipinski definition) is 7. The molecule has 4 rings (SSSR count). The molecule has 0 aliphatic rings. The van der Waals surface area contributed by atoms with Crippen LogP contribution in [0.15, 0.2) is 79.1 Å². The van der Waals surface area contributed by atoms with E-state index in [0.717, 1.165) is 35.7 Å². The van der Waals surface area contributed by atoms with E-state index in [1.807, 2.05) is 67.4 Å². The van der Waals surface area contributed by atoms with Crippen molar-refractivity contribution in [1.82, 2.24) is 19.9 Å². The minimum Gasteiger partial charge on any atom is -0.354 e. The predicted octanol–water partition coefficient (Wildman–Crippen LogP) is 4.38. The van der Waals surface area contributed by atoms with Gasteiger partial charge in [-0.15, -0.1) is 0 Å². The molecule has 0 radical (unpaired) electrons. The lowest BCUT2D eigenvalue weighted by molar-refractivity contribution is 0.814. The van der Waals surface area contributed by atoms with Crippen LogP contribution in [-0.2, 0) is 6.42 Å². The summed E-state index contributed by atoms with van der Waals surface area (Å²) in [5.41, 5.74) is 9.33. The van der Waals surface area contributed by atoms with Crippen LogP contribution < -0.4 is 16.0 Å². The molecule has 0 bridgehead atoms. The van der Waals surface area contributed by atoms with Gasteiger partial charge in [-0.05, 0) is 36.6 Å². The third kappa shape index (κ3) is 5.25. The van der Waals surface area contributed by atoms with E-state index in [2.05, 4.69) is 38.5 Å². The number of nitrogens with one attached hydrogen (secondary N) is 1. The van der Waals surface area contributed by atoms with Crippen molar-refractivity contribution in [2.75, 3.05) is 23.8 Å². The molecule has 1 atom stereocenters. The van der Waals surface area contributed by atoms with Crippen LogP contribution in [0.25, 0.3) is 11.4 Å². The van der Waals surface area contributed by atoms with E-state index in [0.29, 0.717) is 11.8 Å². The second-order valence-corrected chi connectivity index (χ2v) is 7.61. The molecule has 0 fully saturated rings. The van der Waals surface area contributed by atoms with Crippen LogP contribution in [0.2, 0.25) is 0 Å².